The van der Waals surface area contributed by atoms with Crippen LogP contribution < -0.4 is 4.90 Å². The number of benzene rings is 1. The average molecular weight is 218 g/mol. The number of hydrogen-bond donors (Lipinski definition) is 0. The fourth-order valence-electron chi connectivity index (χ4n) is 1.80. The molecule has 88 valence electrons. The Kier molecular flexibility index (Phi) is 4.53. The van der Waals surface area contributed by atoms with Crippen LogP contribution in [0.5, 0.6) is 0 Å². The van der Waals surface area contributed by atoms with E-state index < -0.39 is 0 Å². The zero-order valence-corrected chi connectivity index (χ0v) is 11.0. The molecule has 0 aromatic heterocycles. The van der Waals surface area contributed by atoms with Crippen molar-refractivity contribution in [3.63, 3.8) is 0 Å². The van der Waals surface area contributed by atoms with Crippen LogP contribution in [0.2, 0.25) is 0 Å². The first-order chi connectivity index (χ1) is 7.60. The summed E-state index contributed by atoms with van der Waals surface area (Å²) in [5, 5.41) is 0. The molecular formula is C14H22N2. The van der Waals surface area contributed by atoms with Gasteiger partial charge in [-0.2, -0.15) is 0 Å². The van der Waals surface area contributed by atoms with Gasteiger partial charge >= 0.3 is 0 Å². The predicted octanol–water partition coefficient (Wildman–Crippen LogP) is 3.82. The fraction of sp³-hybridized carbons (Fsp3) is 0.500. The van der Waals surface area contributed by atoms with Gasteiger partial charge in [-0.05, 0) is 39.3 Å². The summed E-state index contributed by atoms with van der Waals surface area (Å²) >= 11 is 0. The Morgan fingerprint density at radius 2 is 1.94 bits per heavy atom. The van der Waals surface area contributed by atoms with Crippen molar-refractivity contribution in [2.75, 3.05) is 18.5 Å². The molecule has 2 heteroatoms. The van der Waals surface area contributed by atoms with E-state index in [1.807, 2.05) is 13.8 Å². The van der Waals surface area contributed by atoms with E-state index in [0.29, 0.717) is 0 Å². The molecule has 0 spiro atoms. The number of rotatable bonds is 4. The Morgan fingerprint density at radius 3 is 2.44 bits per heavy atom. The van der Waals surface area contributed by atoms with Gasteiger partial charge in [-0.25, -0.2) is 0 Å². The Morgan fingerprint density at radius 1 is 1.25 bits per heavy atom. The lowest BCUT2D eigenvalue weighted by Crippen LogP contribution is -2.17. The van der Waals surface area contributed by atoms with Crippen molar-refractivity contribution in [2.45, 2.75) is 34.1 Å². The van der Waals surface area contributed by atoms with Gasteiger partial charge in [-0.1, -0.05) is 13.0 Å². The molecule has 0 saturated carbocycles. The Labute approximate surface area is 99.0 Å². The third kappa shape index (κ3) is 2.84. The SMILES string of the molecule is CCc1c(N=C(C)C)cccc1N(C)CC. The molecular weight excluding hydrogens is 196 g/mol. The fourth-order valence-corrected chi connectivity index (χ4v) is 1.80. The number of nitrogens with zero attached hydrogens (tertiary/aromatic N) is 2. The molecule has 0 saturated heterocycles. The van der Waals surface area contributed by atoms with E-state index in [1.165, 1.54) is 11.3 Å². The van der Waals surface area contributed by atoms with Crippen molar-refractivity contribution in [3.8, 4) is 0 Å². The summed E-state index contributed by atoms with van der Waals surface area (Å²) in [4.78, 5) is 6.86. The van der Waals surface area contributed by atoms with Crippen molar-refractivity contribution in [2.24, 2.45) is 4.99 Å². The minimum Gasteiger partial charge on any atom is -0.375 e. The maximum absolute atomic E-state index is 4.60. The lowest BCUT2D eigenvalue weighted by Gasteiger charge is -2.21. The predicted molar refractivity (Wildman–Crippen MR) is 73.2 cm³/mol. The molecule has 0 bridgehead atoms. The van der Waals surface area contributed by atoms with E-state index in [9.17, 15) is 0 Å². The van der Waals surface area contributed by atoms with Crippen LogP contribution >= 0.6 is 0 Å². The van der Waals surface area contributed by atoms with E-state index in [-0.39, 0.29) is 0 Å². The molecule has 2 nitrogen and oxygen atoms in total. The molecule has 0 N–H and O–H groups in total. The Balaban J connectivity index is 3.26. The van der Waals surface area contributed by atoms with Crippen LogP contribution in [0.15, 0.2) is 23.2 Å². The molecule has 1 aromatic rings. The molecule has 0 aliphatic carbocycles. The molecule has 0 radical (unpaired) electrons. The molecule has 0 aliphatic heterocycles. The van der Waals surface area contributed by atoms with Crippen LogP contribution in [0.1, 0.15) is 33.3 Å². The second-order valence-corrected chi connectivity index (χ2v) is 4.20. The van der Waals surface area contributed by atoms with Gasteiger partial charge in [0.2, 0.25) is 0 Å². The minimum atomic E-state index is 1.02. The lowest BCUT2D eigenvalue weighted by molar-refractivity contribution is 0.948. The van der Waals surface area contributed by atoms with Crippen molar-refractivity contribution in [1.82, 2.24) is 0 Å². The molecule has 16 heavy (non-hydrogen) atoms. The summed E-state index contributed by atoms with van der Waals surface area (Å²) in [6.45, 7) is 9.45. The van der Waals surface area contributed by atoms with E-state index >= 15 is 0 Å². The summed E-state index contributed by atoms with van der Waals surface area (Å²) in [6.07, 6.45) is 1.02. The van der Waals surface area contributed by atoms with E-state index in [2.05, 4.69) is 49.0 Å². The van der Waals surface area contributed by atoms with Gasteiger partial charge in [0, 0.05) is 30.6 Å². The lowest BCUT2D eigenvalue weighted by atomic mass is 10.1. The highest BCUT2D eigenvalue weighted by molar-refractivity contribution is 5.83. The van der Waals surface area contributed by atoms with Crippen LogP contribution in [0, 0.1) is 0 Å². The first-order valence-electron chi connectivity index (χ1n) is 5.95. The molecule has 0 unspecified atom stereocenters. The molecule has 0 atom stereocenters. The molecule has 0 fully saturated rings. The van der Waals surface area contributed by atoms with Crippen LogP contribution in [0.4, 0.5) is 11.4 Å². The summed E-state index contributed by atoms with van der Waals surface area (Å²) in [5.74, 6) is 0. The van der Waals surface area contributed by atoms with Gasteiger partial charge in [0.05, 0.1) is 5.69 Å². The third-order valence-corrected chi connectivity index (χ3v) is 2.71. The van der Waals surface area contributed by atoms with Crippen molar-refractivity contribution in [1.29, 1.82) is 0 Å². The van der Waals surface area contributed by atoms with Crippen LogP contribution in [-0.2, 0) is 6.42 Å². The summed E-state index contributed by atoms with van der Waals surface area (Å²) in [5.41, 5.74) is 4.85. The second kappa shape index (κ2) is 5.69. The van der Waals surface area contributed by atoms with Crippen molar-refractivity contribution >= 4 is 17.1 Å². The van der Waals surface area contributed by atoms with Crippen LogP contribution in [-0.4, -0.2) is 19.3 Å². The highest BCUT2D eigenvalue weighted by atomic mass is 15.1. The quantitative estimate of drug-likeness (QED) is 0.701. The second-order valence-electron chi connectivity index (χ2n) is 4.20. The average Bonchev–Trinajstić information content (AvgIpc) is 2.27. The van der Waals surface area contributed by atoms with Crippen LogP contribution in [0.25, 0.3) is 0 Å². The zero-order chi connectivity index (χ0) is 12.1. The van der Waals surface area contributed by atoms with Gasteiger partial charge < -0.3 is 4.90 Å². The highest BCUT2D eigenvalue weighted by Gasteiger charge is 2.08. The summed E-state index contributed by atoms with van der Waals surface area (Å²) < 4.78 is 0. The number of hydrogen-bond acceptors (Lipinski definition) is 2. The van der Waals surface area contributed by atoms with Gasteiger partial charge in [-0.3, -0.25) is 4.99 Å². The molecule has 0 aliphatic rings. The van der Waals surface area contributed by atoms with Crippen molar-refractivity contribution in [3.05, 3.63) is 23.8 Å². The first-order valence-corrected chi connectivity index (χ1v) is 5.95. The molecule has 1 aromatic carbocycles. The van der Waals surface area contributed by atoms with E-state index in [4.69, 9.17) is 0 Å². The summed E-state index contributed by atoms with van der Waals surface area (Å²) in [6, 6.07) is 6.35. The minimum absolute atomic E-state index is 1.02. The summed E-state index contributed by atoms with van der Waals surface area (Å²) in [7, 11) is 2.13. The van der Waals surface area contributed by atoms with Gasteiger partial charge in [0.1, 0.15) is 0 Å². The maximum atomic E-state index is 4.60. The standard InChI is InChI=1S/C14H22N2/c1-6-12-13(15-11(3)4)9-8-10-14(12)16(5)7-2/h8-10H,6-7H2,1-5H3. The number of anilines is 1. The molecule has 1 rings (SSSR count). The Hall–Kier alpha value is -1.31. The van der Waals surface area contributed by atoms with Gasteiger partial charge in [-0.15, -0.1) is 0 Å². The highest BCUT2D eigenvalue weighted by Crippen LogP contribution is 2.29. The van der Waals surface area contributed by atoms with Crippen molar-refractivity contribution < 1.29 is 0 Å². The zero-order valence-electron chi connectivity index (χ0n) is 11.0. The molecule has 0 amide bonds. The number of aliphatic imine (C=N–C) groups is 1. The van der Waals surface area contributed by atoms with Gasteiger partial charge in [0.15, 0.2) is 0 Å². The first kappa shape index (κ1) is 12.8. The van der Waals surface area contributed by atoms with Gasteiger partial charge in [0.25, 0.3) is 0 Å². The maximum Gasteiger partial charge on any atom is 0.0681 e. The van der Waals surface area contributed by atoms with E-state index in [1.54, 1.807) is 0 Å². The monoisotopic (exact) mass is 218 g/mol. The largest absolute Gasteiger partial charge is 0.375 e. The third-order valence-electron chi connectivity index (χ3n) is 2.71. The topological polar surface area (TPSA) is 15.6 Å². The molecule has 0 heterocycles. The smallest absolute Gasteiger partial charge is 0.0681 e. The Bertz CT molecular complexity index is 376. The van der Waals surface area contributed by atoms with Crippen LogP contribution in [0.3, 0.4) is 0 Å². The normalized spacial score (nSPS) is 10.1. The van der Waals surface area contributed by atoms with E-state index in [0.717, 1.165) is 24.4 Å².